The monoisotopic (exact) mass is 402 g/mol. The van der Waals surface area contributed by atoms with Crippen LogP contribution in [0.2, 0.25) is 0 Å². The molecular weight excluding hydrogens is 380 g/mol. The lowest BCUT2D eigenvalue weighted by molar-refractivity contribution is 0.0949. The lowest BCUT2D eigenvalue weighted by Gasteiger charge is -2.16. The van der Waals surface area contributed by atoms with Crippen LogP contribution in [0, 0.1) is 0 Å². The Balaban J connectivity index is 1.50. The molecule has 146 valence electrons. The molecule has 1 aliphatic heterocycles. The van der Waals surface area contributed by atoms with E-state index >= 15 is 0 Å². The van der Waals surface area contributed by atoms with Crippen molar-refractivity contribution in [3.8, 4) is 0 Å². The summed E-state index contributed by atoms with van der Waals surface area (Å²) in [6, 6.07) is 23.2. The second-order valence-electron chi connectivity index (χ2n) is 6.99. The van der Waals surface area contributed by atoms with Crippen molar-refractivity contribution in [1.29, 1.82) is 0 Å². The molecule has 1 heterocycles. The quantitative estimate of drug-likeness (QED) is 0.607. The molecule has 0 saturated carbocycles. The summed E-state index contributed by atoms with van der Waals surface area (Å²) in [5.41, 5.74) is 3.07. The fourth-order valence-corrected chi connectivity index (χ4v) is 4.46. The molecule has 0 aromatic heterocycles. The van der Waals surface area contributed by atoms with Crippen molar-refractivity contribution in [3.63, 3.8) is 0 Å². The summed E-state index contributed by atoms with van der Waals surface area (Å²) in [5, 5.41) is 5.98. The minimum absolute atomic E-state index is 0.136. The van der Waals surface area contributed by atoms with E-state index in [0.29, 0.717) is 23.4 Å². The van der Waals surface area contributed by atoms with Crippen molar-refractivity contribution in [2.24, 2.45) is 0 Å². The summed E-state index contributed by atoms with van der Waals surface area (Å²) in [6.45, 7) is 2.69. The Labute approximate surface area is 174 Å². The molecule has 0 saturated heterocycles. The number of amides is 2. The van der Waals surface area contributed by atoms with Gasteiger partial charge in [-0.25, -0.2) is 0 Å². The molecule has 0 spiro atoms. The van der Waals surface area contributed by atoms with Crippen molar-refractivity contribution in [2.75, 3.05) is 11.9 Å². The van der Waals surface area contributed by atoms with Crippen LogP contribution >= 0.6 is 11.8 Å². The normalized spacial score (nSPS) is 13.5. The molecule has 1 atom stereocenters. The summed E-state index contributed by atoms with van der Waals surface area (Å²) in [7, 11) is 0. The molecule has 0 radical (unpaired) electrons. The third-order valence-corrected chi connectivity index (χ3v) is 6.27. The predicted molar refractivity (Wildman–Crippen MR) is 117 cm³/mol. The van der Waals surface area contributed by atoms with Crippen LogP contribution in [-0.2, 0) is 0 Å². The molecule has 1 unspecified atom stereocenters. The van der Waals surface area contributed by atoms with Gasteiger partial charge in [-0.3, -0.25) is 9.59 Å². The highest BCUT2D eigenvalue weighted by Gasteiger charge is 2.21. The van der Waals surface area contributed by atoms with Crippen LogP contribution in [0.25, 0.3) is 0 Å². The summed E-state index contributed by atoms with van der Waals surface area (Å²) < 4.78 is 0. The van der Waals surface area contributed by atoms with Gasteiger partial charge >= 0.3 is 0 Å². The van der Waals surface area contributed by atoms with Gasteiger partial charge in [0.1, 0.15) is 0 Å². The number of hydrogen-bond acceptors (Lipinski definition) is 3. The molecule has 2 N–H and O–H groups in total. The third kappa shape index (κ3) is 4.20. The third-order valence-electron chi connectivity index (χ3n) is 5.11. The first-order chi connectivity index (χ1) is 14.2. The fraction of sp³-hybridized carbons (Fsp3) is 0.167. The maximum atomic E-state index is 12.7. The Morgan fingerprint density at radius 3 is 2.55 bits per heavy atom. The van der Waals surface area contributed by atoms with Gasteiger partial charge in [-0.1, -0.05) is 61.2 Å². The Bertz CT molecular complexity index is 1050. The summed E-state index contributed by atoms with van der Waals surface area (Å²) in [4.78, 5) is 27.1. The minimum atomic E-state index is -0.153. The zero-order chi connectivity index (χ0) is 20.2. The Morgan fingerprint density at radius 2 is 1.76 bits per heavy atom. The van der Waals surface area contributed by atoms with Crippen LogP contribution in [0.15, 0.2) is 82.6 Å². The van der Waals surface area contributed by atoms with Crippen molar-refractivity contribution < 1.29 is 9.59 Å². The van der Waals surface area contributed by atoms with Gasteiger partial charge < -0.3 is 10.6 Å². The van der Waals surface area contributed by atoms with Gasteiger partial charge in [-0.05, 0) is 42.3 Å². The van der Waals surface area contributed by atoms with E-state index in [1.807, 2.05) is 54.6 Å². The zero-order valence-corrected chi connectivity index (χ0v) is 17.0. The number of carbonyl (C=O) groups is 2. The molecule has 0 aliphatic carbocycles. The molecular formula is C24H22N2O2S. The zero-order valence-electron chi connectivity index (χ0n) is 16.1. The van der Waals surface area contributed by atoms with Crippen molar-refractivity contribution in [1.82, 2.24) is 5.32 Å². The number of nitrogens with one attached hydrogen (secondary N) is 2. The first-order valence-electron chi connectivity index (χ1n) is 9.71. The van der Waals surface area contributed by atoms with Gasteiger partial charge in [0, 0.05) is 27.8 Å². The van der Waals surface area contributed by atoms with Crippen LogP contribution in [0.3, 0.4) is 0 Å². The van der Waals surface area contributed by atoms with E-state index in [1.54, 1.807) is 6.07 Å². The average Bonchev–Trinajstić information content (AvgIpc) is 2.90. The number of fused-ring (bicyclic) bond motifs is 2. The lowest BCUT2D eigenvalue weighted by atomic mass is 9.96. The van der Waals surface area contributed by atoms with Crippen molar-refractivity contribution in [2.45, 2.75) is 29.1 Å². The second-order valence-corrected chi connectivity index (χ2v) is 8.07. The molecule has 29 heavy (non-hydrogen) atoms. The Hall–Kier alpha value is -3.05. The maximum Gasteiger partial charge on any atom is 0.256 e. The fourth-order valence-electron chi connectivity index (χ4n) is 3.45. The standard InChI is InChI=1S/C24H22N2O2S/c1-2-16(17-8-4-3-5-9-17)15-25-23(27)18-12-13-22-20(14-18)26-24(28)19-10-6-7-11-21(19)29-22/h3-14,16H,2,15H2,1H3,(H,25,27)(H,26,28). The molecule has 2 amide bonds. The largest absolute Gasteiger partial charge is 0.351 e. The van der Waals surface area contributed by atoms with Crippen LogP contribution < -0.4 is 10.6 Å². The van der Waals surface area contributed by atoms with Crippen molar-refractivity contribution in [3.05, 3.63) is 89.5 Å². The molecule has 1 aliphatic rings. The van der Waals surface area contributed by atoms with E-state index in [4.69, 9.17) is 0 Å². The van der Waals surface area contributed by atoms with Crippen LogP contribution in [0.1, 0.15) is 45.5 Å². The second kappa shape index (κ2) is 8.53. The summed E-state index contributed by atoms with van der Waals surface area (Å²) in [6.07, 6.45) is 0.944. The van der Waals surface area contributed by atoms with E-state index in [9.17, 15) is 9.59 Å². The van der Waals surface area contributed by atoms with Gasteiger partial charge in [-0.2, -0.15) is 0 Å². The number of hydrogen-bond donors (Lipinski definition) is 2. The highest BCUT2D eigenvalue weighted by atomic mass is 32.2. The number of carbonyl (C=O) groups excluding carboxylic acids is 2. The van der Waals surface area contributed by atoms with Gasteiger partial charge in [0.25, 0.3) is 11.8 Å². The number of anilines is 1. The van der Waals surface area contributed by atoms with E-state index in [0.717, 1.165) is 16.2 Å². The van der Waals surface area contributed by atoms with Gasteiger partial charge in [0.2, 0.25) is 0 Å². The highest BCUT2D eigenvalue weighted by Crippen LogP contribution is 2.39. The van der Waals surface area contributed by atoms with E-state index < -0.39 is 0 Å². The smallest absolute Gasteiger partial charge is 0.256 e. The molecule has 3 aromatic rings. The minimum Gasteiger partial charge on any atom is -0.351 e. The van der Waals surface area contributed by atoms with E-state index in [-0.39, 0.29) is 17.7 Å². The SMILES string of the molecule is CCC(CNC(=O)c1ccc2c(c1)NC(=O)c1ccccc1S2)c1ccccc1. The first kappa shape index (κ1) is 19.3. The molecule has 4 rings (SSSR count). The maximum absolute atomic E-state index is 12.7. The number of benzene rings is 3. The predicted octanol–water partition coefficient (Wildman–Crippen LogP) is 5.33. The highest BCUT2D eigenvalue weighted by molar-refractivity contribution is 7.99. The molecule has 5 heteroatoms. The van der Waals surface area contributed by atoms with E-state index in [2.05, 4.69) is 29.7 Å². The number of rotatable bonds is 5. The topological polar surface area (TPSA) is 58.2 Å². The Kier molecular flexibility index (Phi) is 5.67. The van der Waals surface area contributed by atoms with Gasteiger partial charge in [-0.15, -0.1) is 0 Å². The van der Waals surface area contributed by atoms with Crippen LogP contribution in [0.5, 0.6) is 0 Å². The van der Waals surface area contributed by atoms with E-state index in [1.165, 1.54) is 17.3 Å². The van der Waals surface area contributed by atoms with Gasteiger partial charge in [0.15, 0.2) is 0 Å². The first-order valence-corrected chi connectivity index (χ1v) is 10.5. The van der Waals surface area contributed by atoms with Crippen LogP contribution in [0.4, 0.5) is 5.69 Å². The molecule has 4 nitrogen and oxygen atoms in total. The summed E-state index contributed by atoms with van der Waals surface area (Å²) >= 11 is 1.53. The average molecular weight is 403 g/mol. The van der Waals surface area contributed by atoms with Gasteiger partial charge in [0.05, 0.1) is 11.3 Å². The molecule has 0 bridgehead atoms. The van der Waals surface area contributed by atoms with Crippen LogP contribution in [-0.4, -0.2) is 18.4 Å². The summed E-state index contributed by atoms with van der Waals surface area (Å²) in [5.74, 6) is -0.0199. The lowest BCUT2D eigenvalue weighted by Crippen LogP contribution is -2.28. The molecule has 3 aromatic carbocycles. The Morgan fingerprint density at radius 1 is 1.00 bits per heavy atom. The molecule has 0 fully saturated rings. The van der Waals surface area contributed by atoms with Crippen molar-refractivity contribution >= 4 is 29.3 Å².